The zero-order valence-corrected chi connectivity index (χ0v) is 13.3. The van der Waals surface area contributed by atoms with E-state index < -0.39 is 0 Å². The number of methoxy groups -OCH3 is 1. The zero-order chi connectivity index (χ0) is 15.7. The number of carbonyl (C=O) groups excluding carboxylic acids is 1. The molecule has 0 bridgehead atoms. The van der Waals surface area contributed by atoms with Gasteiger partial charge in [0.05, 0.1) is 12.1 Å². The monoisotopic (exact) mass is 314 g/mol. The van der Waals surface area contributed by atoms with Crippen LogP contribution in [0.15, 0.2) is 12.1 Å². The lowest BCUT2D eigenvalue weighted by atomic mass is 10.1. The number of hydrogen-bond acceptors (Lipinski definition) is 4. The molecule has 0 radical (unpaired) electrons. The molecule has 0 unspecified atom stereocenters. The number of rotatable bonds is 9. The largest absolute Gasteiger partial charge is 0.493 e. The smallest absolute Gasteiger partial charge is 0.257 e. The molecule has 1 aromatic carbocycles. The number of amides is 1. The first-order valence-electron chi connectivity index (χ1n) is 7.08. The van der Waals surface area contributed by atoms with Gasteiger partial charge in [0.2, 0.25) is 0 Å². The van der Waals surface area contributed by atoms with Gasteiger partial charge in [0.15, 0.2) is 18.1 Å². The van der Waals surface area contributed by atoms with Crippen LogP contribution >= 0.6 is 11.6 Å². The molecule has 1 amide bonds. The molecule has 0 spiro atoms. The van der Waals surface area contributed by atoms with Gasteiger partial charge in [-0.25, -0.2) is 0 Å². The molecule has 3 N–H and O–H groups in total. The van der Waals surface area contributed by atoms with Crippen LogP contribution in [0.2, 0.25) is 5.02 Å². The molecule has 0 aliphatic heterocycles. The van der Waals surface area contributed by atoms with Crippen molar-refractivity contribution in [3.05, 3.63) is 22.7 Å². The molecule has 0 aliphatic carbocycles. The van der Waals surface area contributed by atoms with E-state index in [4.69, 9.17) is 26.8 Å². The topological polar surface area (TPSA) is 73.6 Å². The second-order valence-electron chi connectivity index (χ2n) is 4.64. The molecule has 1 rings (SSSR count). The maximum atomic E-state index is 11.6. The highest BCUT2D eigenvalue weighted by Gasteiger charge is 2.13. The van der Waals surface area contributed by atoms with Gasteiger partial charge >= 0.3 is 0 Å². The minimum Gasteiger partial charge on any atom is -0.493 e. The van der Waals surface area contributed by atoms with Crippen molar-refractivity contribution < 1.29 is 14.3 Å². The molecule has 0 aromatic heterocycles. The van der Waals surface area contributed by atoms with Gasteiger partial charge in [-0.3, -0.25) is 4.79 Å². The van der Waals surface area contributed by atoms with Gasteiger partial charge in [-0.1, -0.05) is 24.9 Å². The van der Waals surface area contributed by atoms with Crippen molar-refractivity contribution in [2.45, 2.75) is 26.2 Å². The molecule has 118 valence electrons. The molecular formula is C15H23ClN2O3. The van der Waals surface area contributed by atoms with E-state index >= 15 is 0 Å². The van der Waals surface area contributed by atoms with Gasteiger partial charge < -0.3 is 20.5 Å². The first kappa shape index (κ1) is 17.6. The Morgan fingerprint density at radius 1 is 1.43 bits per heavy atom. The fourth-order valence-corrected chi connectivity index (χ4v) is 2.11. The minimum atomic E-state index is -0.174. The standard InChI is InChI=1S/C15H23ClN2O3/c1-3-4-7-18-14(19)10-21-15-12(16)8-11(5-6-17)9-13(15)20-2/h8-9H,3-7,10,17H2,1-2H3,(H,18,19). The summed E-state index contributed by atoms with van der Waals surface area (Å²) in [4.78, 5) is 11.6. The average molecular weight is 315 g/mol. The minimum absolute atomic E-state index is 0.0873. The zero-order valence-electron chi connectivity index (χ0n) is 12.6. The number of ether oxygens (including phenoxy) is 2. The van der Waals surface area contributed by atoms with Crippen molar-refractivity contribution in [2.24, 2.45) is 5.73 Å². The van der Waals surface area contributed by atoms with E-state index in [9.17, 15) is 4.79 Å². The number of nitrogens with one attached hydrogen (secondary N) is 1. The molecule has 0 fully saturated rings. The Labute approximate surface area is 130 Å². The fourth-order valence-electron chi connectivity index (χ4n) is 1.82. The van der Waals surface area contributed by atoms with Crippen LogP contribution in [0, 0.1) is 0 Å². The lowest BCUT2D eigenvalue weighted by Crippen LogP contribution is -2.29. The SMILES string of the molecule is CCCCNC(=O)COc1c(Cl)cc(CCN)cc1OC. The first-order chi connectivity index (χ1) is 10.1. The van der Waals surface area contributed by atoms with E-state index in [0.29, 0.717) is 36.0 Å². The van der Waals surface area contributed by atoms with Crippen LogP contribution in [-0.4, -0.2) is 32.7 Å². The number of benzene rings is 1. The molecule has 0 saturated carbocycles. The maximum Gasteiger partial charge on any atom is 0.257 e. The summed E-state index contributed by atoms with van der Waals surface area (Å²) in [6.45, 7) is 3.16. The Morgan fingerprint density at radius 2 is 2.19 bits per heavy atom. The second-order valence-corrected chi connectivity index (χ2v) is 5.05. The van der Waals surface area contributed by atoms with Crippen LogP contribution in [0.3, 0.4) is 0 Å². The predicted molar refractivity (Wildman–Crippen MR) is 84.2 cm³/mol. The van der Waals surface area contributed by atoms with Crippen molar-refractivity contribution in [1.82, 2.24) is 5.32 Å². The van der Waals surface area contributed by atoms with Crippen LogP contribution in [0.5, 0.6) is 11.5 Å². The Kier molecular flexibility index (Phi) is 7.93. The Balaban J connectivity index is 2.67. The van der Waals surface area contributed by atoms with Crippen LogP contribution in [0.25, 0.3) is 0 Å². The Hall–Kier alpha value is -1.46. The normalized spacial score (nSPS) is 10.3. The van der Waals surface area contributed by atoms with Crippen molar-refractivity contribution in [2.75, 3.05) is 26.8 Å². The summed E-state index contributed by atoms with van der Waals surface area (Å²) in [5.74, 6) is 0.713. The molecular weight excluding hydrogens is 292 g/mol. The third-order valence-corrected chi connectivity index (χ3v) is 3.20. The van der Waals surface area contributed by atoms with E-state index in [1.165, 1.54) is 7.11 Å². The van der Waals surface area contributed by atoms with Gasteiger partial charge in [-0.05, 0) is 37.1 Å². The molecule has 0 heterocycles. The van der Waals surface area contributed by atoms with E-state index in [-0.39, 0.29) is 12.5 Å². The van der Waals surface area contributed by atoms with Crippen LogP contribution in [0.4, 0.5) is 0 Å². The number of carbonyl (C=O) groups is 1. The third kappa shape index (κ3) is 5.81. The summed E-state index contributed by atoms with van der Waals surface area (Å²) < 4.78 is 10.7. The van der Waals surface area contributed by atoms with Crippen molar-refractivity contribution >= 4 is 17.5 Å². The fraction of sp³-hybridized carbons (Fsp3) is 0.533. The Morgan fingerprint density at radius 3 is 2.81 bits per heavy atom. The Bertz CT molecular complexity index is 466. The third-order valence-electron chi connectivity index (χ3n) is 2.92. The van der Waals surface area contributed by atoms with Gasteiger partial charge in [0.1, 0.15) is 0 Å². The molecule has 1 aromatic rings. The van der Waals surface area contributed by atoms with Gasteiger partial charge in [0.25, 0.3) is 5.91 Å². The number of halogens is 1. The summed E-state index contributed by atoms with van der Waals surface area (Å²) in [6, 6.07) is 3.60. The van der Waals surface area contributed by atoms with Crippen LogP contribution in [-0.2, 0) is 11.2 Å². The van der Waals surface area contributed by atoms with Crippen LogP contribution < -0.4 is 20.5 Å². The highest BCUT2D eigenvalue weighted by molar-refractivity contribution is 6.32. The van der Waals surface area contributed by atoms with Crippen molar-refractivity contribution in [3.63, 3.8) is 0 Å². The summed E-state index contributed by atoms with van der Waals surface area (Å²) in [5.41, 5.74) is 6.50. The number of hydrogen-bond donors (Lipinski definition) is 2. The van der Waals surface area contributed by atoms with Gasteiger partial charge in [-0.2, -0.15) is 0 Å². The predicted octanol–water partition coefficient (Wildman–Crippen LogP) is 2.14. The summed E-state index contributed by atoms with van der Waals surface area (Å²) in [5, 5.41) is 3.19. The molecule has 0 atom stereocenters. The number of nitrogens with two attached hydrogens (primary N) is 1. The maximum absolute atomic E-state index is 11.6. The van der Waals surface area contributed by atoms with E-state index in [2.05, 4.69) is 12.2 Å². The van der Waals surface area contributed by atoms with Gasteiger partial charge in [0, 0.05) is 6.54 Å². The summed E-state index contributed by atoms with van der Waals surface area (Å²) in [6.07, 6.45) is 2.68. The summed E-state index contributed by atoms with van der Waals surface area (Å²) in [7, 11) is 1.53. The molecule has 0 saturated heterocycles. The molecule has 21 heavy (non-hydrogen) atoms. The van der Waals surface area contributed by atoms with E-state index in [1.54, 1.807) is 6.07 Å². The number of unbranched alkanes of at least 4 members (excludes halogenated alkanes) is 1. The van der Waals surface area contributed by atoms with E-state index in [0.717, 1.165) is 18.4 Å². The molecule has 0 aliphatic rings. The lowest BCUT2D eigenvalue weighted by Gasteiger charge is -2.14. The van der Waals surface area contributed by atoms with E-state index in [1.807, 2.05) is 6.07 Å². The second kappa shape index (κ2) is 9.47. The first-order valence-corrected chi connectivity index (χ1v) is 7.46. The van der Waals surface area contributed by atoms with Crippen molar-refractivity contribution in [1.29, 1.82) is 0 Å². The summed E-state index contributed by atoms with van der Waals surface area (Å²) >= 11 is 6.18. The lowest BCUT2D eigenvalue weighted by molar-refractivity contribution is -0.123. The molecule has 6 heteroatoms. The van der Waals surface area contributed by atoms with Gasteiger partial charge in [-0.15, -0.1) is 0 Å². The van der Waals surface area contributed by atoms with Crippen LogP contribution in [0.1, 0.15) is 25.3 Å². The van der Waals surface area contributed by atoms with Crippen molar-refractivity contribution in [3.8, 4) is 11.5 Å². The highest BCUT2D eigenvalue weighted by atomic mass is 35.5. The average Bonchev–Trinajstić information content (AvgIpc) is 2.46. The molecule has 5 nitrogen and oxygen atoms in total. The highest BCUT2D eigenvalue weighted by Crippen LogP contribution is 2.36. The quantitative estimate of drug-likeness (QED) is 0.685.